The van der Waals surface area contributed by atoms with Crippen molar-refractivity contribution in [2.24, 2.45) is 0 Å². The molecule has 0 saturated heterocycles. The average Bonchev–Trinajstić information content (AvgIpc) is 2.40. The SMILES string of the molecule is C#CCN(CC(=O)O)C(=O)c1ccc(=O)n(CCC)n1. The Kier molecular flexibility index (Phi) is 5.47. The zero-order valence-corrected chi connectivity index (χ0v) is 11.1. The molecule has 0 aliphatic carbocycles. The monoisotopic (exact) mass is 277 g/mol. The first-order valence-electron chi connectivity index (χ1n) is 6.02. The van der Waals surface area contributed by atoms with Crippen LogP contribution in [-0.4, -0.2) is 44.8 Å². The van der Waals surface area contributed by atoms with Crippen LogP contribution in [0, 0.1) is 12.3 Å². The lowest BCUT2D eigenvalue weighted by Crippen LogP contribution is -2.37. The fourth-order valence-electron chi connectivity index (χ4n) is 1.57. The van der Waals surface area contributed by atoms with Crippen LogP contribution in [0.2, 0.25) is 0 Å². The summed E-state index contributed by atoms with van der Waals surface area (Å²) in [5.41, 5.74) is -0.320. The van der Waals surface area contributed by atoms with Gasteiger partial charge >= 0.3 is 5.97 Å². The topological polar surface area (TPSA) is 92.5 Å². The molecule has 0 aliphatic heterocycles. The van der Waals surface area contributed by atoms with E-state index in [1.807, 2.05) is 6.92 Å². The van der Waals surface area contributed by atoms with Crippen LogP contribution in [0.4, 0.5) is 0 Å². The second kappa shape index (κ2) is 7.09. The van der Waals surface area contributed by atoms with E-state index in [0.29, 0.717) is 13.0 Å². The van der Waals surface area contributed by atoms with Gasteiger partial charge in [-0.3, -0.25) is 14.4 Å². The van der Waals surface area contributed by atoms with E-state index in [-0.39, 0.29) is 17.8 Å². The number of aliphatic carboxylic acids is 1. The molecule has 1 heterocycles. The van der Waals surface area contributed by atoms with E-state index in [0.717, 1.165) is 4.90 Å². The van der Waals surface area contributed by atoms with Gasteiger partial charge in [0.05, 0.1) is 6.54 Å². The zero-order chi connectivity index (χ0) is 15.1. The van der Waals surface area contributed by atoms with Crippen molar-refractivity contribution in [1.29, 1.82) is 0 Å². The second-order valence-electron chi connectivity index (χ2n) is 4.04. The van der Waals surface area contributed by atoms with Gasteiger partial charge in [-0.2, -0.15) is 5.10 Å². The maximum absolute atomic E-state index is 12.1. The summed E-state index contributed by atoms with van der Waals surface area (Å²) in [5.74, 6) is 0.434. The van der Waals surface area contributed by atoms with Crippen molar-refractivity contribution in [2.45, 2.75) is 19.9 Å². The molecular formula is C13H15N3O4. The lowest BCUT2D eigenvalue weighted by Gasteiger charge is -2.17. The molecule has 7 heteroatoms. The molecule has 1 aromatic rings. The Morgan fingerprint density at radius 1 is 1.50 bits per heavy atom. The largest absolute Gasteiger partial charge is 0.480 e. The van der Waals surface area contributed by atoms with Gasteiger partial charge in [0, 0.05) is 12.6 Å². The molecule has 0 bridgehead atoms. The molecule has 0 saturated carbocycles. The smallest absolute Gasteiger partial charge is 0.323 e. The molecular weight excluding hydrogens is 262 g/mol. The number of rotatable bonds is 6. The predicted octanol–water partition coefficient (Wildman–Crippen LogP) is -0.187. The lowest BCUT2D eigenvalue weighted by molar-refractivity contribution is -0.137. The number of hydrogen-bond donors (Lipinski definition) is 1. The third kappa shape index (κ3) is 3.95. The lowest BCUT2D eigenvalue weighted by atomic mass is 10.3. The number of nitrogens with zero attached hydrogens (tertiary/aromatic N) is 3. The number of carbonyl (C=O) groups excluding carboxylic acids is 1. The molecule has 0 radical (unpaired) electrons. The Labute approximate surface area is 115 Å². The van der Waals surface area contributed by atoms with E-state index >= 15 is 0 Å². The van der Waals surface area contributed by atoms with Crippen LogP contribution in [0.5, 0.6) is 0 Å². The molecule has 7 nitrogen and oxygen atoms in total. The van der Waals surface area contributed by atoms with Gasteiger partial charge in [-0.05, 0) is 12.5 Å². The molecule has 1 N–H and O–H groups in total. The van der Waals surface area contributed by atoms with Gasteiger partial charge in [0.1, 0.15) is 12.2 Å². The Morgan fingerprint density at radius 3 is 2.75 bits per heavy atom. The summed E-state index contributed by atoms with van der Waals surface area (Å²) in [4.78, 5) is 35.3. The minimum Gasteiger partial charge on any atom is -0.480 e. The molecule has 106 valence electrons. The van der Waals surface area contributed by atoms with Gasteiger partial charge < -0.3 is 10.0 Å². The van der Waals surface area contributed by atoms with Crippen LogP contribution in [0.1, 0.15) is 23.8 Å². The van der Waals surface area contributed by atoms with Gasteiger partial charge in [-0.15, -0.1) is 6.42 Å². The molecule has 1 rings (SSSR count). The summed E-state index contributed by atoms with van der Waals surface area (Å²) in [5, 5.41) is 12.7. The summed E-state index contributed by atoms with van der Waals surface area (Å²) < 4.78 is 1.17. The quantitative estimate of drug-likeness (QED) is 0.728. The summed E-state index contributed by atoms with van der Waals surface area (Å²) in [7, 11) is 0. The fourth-order valence-corrected chi connectivity index (χ4v) is 1.57. The summed E-state index contributed by atoms with van der Waals surface area (Å²) in [6, 6.07) is 2.49. The van der Waals surface area contributed by atoms with Crippen LogP contribution >= 0.6 is 0 Å². The minimum absolute atomic E-state index is 0.00505. The normalized spacial score (nSPS) is 9.80. The van der Waals surface area contributed by atoms with Crippen molar-refractivity contribution in [3.63, 3.8) is 0 Å². The van der Waals surface area contributed by atoms with Crippen molar-refractivity contribution in [3.8, 4) is 12.3 Å². The van der Waals surface area contributed by atoms with Crippen molar-refractivity contribution < 1.29 is 14.7 Å². The van der Waals surface area contributed by atoms with Gasteiger partial charge in [-0.25, -0.2) is 4.68 Å². The van der Waals surface area contributed by atoms with E-state index in [1.54, 1.807) is 0 Å². The van der Waals surface area contributed by atoms with Gasteiger partial charge in [0.15, 0.2) is 0 Å². The summed E-state index contributed by atoms with van der Waals surface area (Å²) >= 11 is 0. The number of aryl methyl sites for hydroxylation is 1. The third-order valence-electron chi connectivity index (χ3n) is 2.42. The third-order valence-corrected chi connectivity index (χ3v) is 2.42. The molecule has 0 fully saturated rings. The highest BCUT2D eigenvalue weighted by molar-refractivity contribution is 5.94. The van der Waals surface area contributed by atoms with Gasteiger partial charge in [0.25, 0.3) is 11.5 Å². The van der Waals surface area contributed by atoms with Gasteiger partial charge in [-0.1, -0.05) is 12.8 Å². The molecule has 0 unspecified atom stereocenters. The first-order chi connectivity index (χ1) is 9.49. The maximum Gasteiger partial charge on any atom is 0.323 e. The Bertz CT molecular complexity index is 600. The first-order valence-corrected chi connectivity index (χ1v) is 6.02. The number of carboxylic acid groups (broad SMARTS) is 1. The van der Waals surface area contributed by atoms with Crippen LogP contribution in [0.15, 0.2) is 16.9 Å². The first kappa shape index (κ1) is 15.4. The van der Waals surface area contributed by atoms with E-state index in [9.17, 15) is 14.4 Å². The second-order valence-corrected chi connectivity index (χ2v) is 4.04. The number of amides is 1. The van der Waals surface area contributed by atoms with Crippen molar-refractivity contribution >= 4 is 11.9 Å². The fraction of sp³-hybridized carbons (Fsp3) is 0.385. The average molecular weight is 277 g/mol. The predicted molar refractivity (Wildman–Crippen MR) is 71.2 cm³/mol. The van der Waals surface area contributed by atoms with E-state index in [1.165, 1.54) is 16.8 Å². The minimum atomic E-state index is -1.17. The standard InChI is InChI=1S/C13H15N3O4/c1-3-7-15(9-12(18)19)13(20)10-5-6-11(17)16(14-10)8-4-2/h1,5-6H,4,7-9H2,2H3,(H,18,19). The highest BCUT2D eigenvalue weighted by Crippen LogP contribution is 2.00. The number of hydrogen-bond acceptors (Lipinski definition) is 4. The number of aromatic nitrogens is 2. The Hall–Kier alpha value is -2.62. The summed E-state index contributed by atoms with van der Waals surface area (Å²) in [6.07, 6.45) is 5.80. The van der Waals surface area contributed by atoms with E-state index < -0.39 is 18.4 Å². The molecule has 1 amide bonds. The highest BCUT2D eigenvalue weighted by Gasteiger charge is 2.19. The van der Waals surface area contributed by atoms with Crippen molar-refractivity contribution in [2.75, 3.05) is 13.1 Å². The van der Waals surface area contributed by atoms with Crippen LogP contribution < -0.4 is 5.56 Å². The maximum atomic E-state index is 12.1. The molecule has 1 aromatic heterocycles. The van der Waals surface area contributed by atoms with Crippen LogP contribution in [0.3, 0.4) is 0 Å². The van der Waals surface area contributed by atoms with Crippen molar-refractivity contribution in [1.82, 2.24) is 14.7 Å². The molecule has 0 aromatic carbocycles. The highest BCUT2D eigenvalue weighted by atomic mass is 16.4. The Balaban J connectivity index is 3.05. The molecule has 0 spiro atoms. The molecule has 20 heavy (non-hydrogen) atoms. The number of carboxylic acids is 1. The summed E-state index contributed by atoms with van der Waals surface area (Å²) in [6.45, 7) is 1.60. The number of carbonyl (C=O) groups is 2. The van der Waals surface area contributed by atoms with Crippen LogP contribution in [-0.2, 0) is 11.3 Å². The van der Waals surface area contributed by atoms with Crippen molar-refractivity contribution in [3.05, 3.63) is 28.2 Å². The van der Waals surface area contributed by atoms with Gasteiger partial charge in [0.2, 0.25) is 0 Å². The van der Waals surface area contributed by atoms with E-state index in [4.69, 9.17) is 11.5 Å². The van der Waals surface area contributed by atoms with E-state index in [2.05, 4.69) is 11.0 Å². The Morgan fingerprint density at radius 2 is 2.20 bits per heavy atom. The molecule has 0 aliphatic rings. The molecule has 0 atom stereocenters. The van der Waals surface area contributed by atoms with Crippen LogP contribution in [0.25, 0.3) is 0 Å². The number of terminal acetylenes is 1. The zero-order valence-electron chi connectivity index (χ0n) is 11.1.